The van der Waals surface area contributed by atoms with Gasteiger partial charge in [0, 0.05) is 29.3 Å². The molecule has 4 rings (SSSR count). The molecule has 0 unspecified atom stereocenters. The highest BCUT2D eigenvalue weighted by atomic mass is 16.5. The van der Waals surface area contributed by atoms with E-state index < -0.39 is 0 Å². The average molecular weight is 435 g/mol. The van der Waals surface area contributed by atoms with Gasteiger partial charge in [-0.3, -0.25) is 9.78 Å². The fraction of sp³-hybridized carbons (Fsp3) is 0.458. The largest absolute Gasteiger partial charge is 0.361 e. The van der Waals surface area contributed by atoms with Crippen molar-refractivity contribution in [3.63, 3.8) is 0 Å². The van der Waals surface area contributed by atoms with Crippen LogP contribution >= 0.6 is 0 Å². The van der Waals surface area contributed by atoms with Crippen LogP contribution in [0.1, 0.15) is 83.2 Å². The molecule has 1 aliphatic rings. The Hall–Kier alpha value is -3.29. The normalized spacial score (nSPS) is 16.1. The van der Waals surface area contributed by atoms with Gasteiger partial charge in [-0.2, -0.15) is 0 Å². The van der Waals surface area contributed by atoms with Gasteiger partial charge in [-0.1, -0.05) is 19.0 Å². The van der Waals surface area contributed by atoms with Crippen LogP contribution in [0.2, 0.25) is 0 Å². The minimum Gasteiger partial charge on any atom is -0.361 e. The number of rotatable bonds is 5. The Morgan fingerprint density at radius 3 is 2.44 bits per heavy atom. The van der Waals surface area contributed by atoms with Gasteiger partial charge in [-0.25, -0.2) is 9.97 Å². The topological polar surface area (TPSA) is 97.0 Å². The monoisotopic (exact) mass is 434 g/mol. The standard InChI is InChI=1S/C24H30N6O2/c1-13(2)22-21(17(6)32-29-22)23(31)30-9-7-8-20(30)19-12-18(11-16(5)25-19)28-24-26-14(3)10-15(4)27-24/h10-13,20H,7-9H2,1-6H3,(H,25,26,27,28)/t20-/m0/s1. The zero-order valence-corrected chi connectivity index (χ0v) is 19.6. The van der Waals surface area contributed by atoms with E-state index in [2.05, 4.69) is 20.4 Å². The van der Waals surface area contributed by atoms with E-state index in [0.717, 1.165) is 41.3 Å². The molecule has 8 nitrogen and oxygen atoms in total. The first kappa shape index (κ1) is 21.9. The fourth-order valence-electron chi connectivity index (χ4n) is 4.35. The van der Waals surface area contributed by atoms with E-state index in [1.165, 1.54) is 0 Å². The third-order valence-electron chi connectivity index (χ3n) is 5.72. The first-order valence-electron chi connectivity index (χ1n) is 11.1. The summed E-state index contributed by atoms with van der Waals surface area (Å²) < 4.78 is 5.37. The lowest BCUT2D eigenvalue weighted by Gasteiger charge is -2.25. The second-order valence-corrected chi connectivity index (χ2v) is 8.83. The first-order valence-corrected chi connectivity index (χ1v) is 11.1. The van der Waals surface area contributed by atoms with Crippen molar-refractivity contribution in [1.29, 1.82) is 0 Å². The lowest BCUT2D eigenvalue weighted by atomic mass is 10.0. The lowest BCUT2D eigenvalue weighted by molar-refractivity contribution is 0.0729. The molecular weight excluding hydrogens is 404 g/mol. The summed E-state index contributed by atoms with van der Waals surface area (Å²) in [7, 11) is 0. The van der Waals surface area contributed by atoms with Crippen LogP contribution in [0, 0.1) is 27.7 Å². The van der Waals surface area contributed by atoms with E-state index in [1.807, 2.05) is 57.7 Å². The van der Waals surface area contributed by atoms with Crippen LogP contribution in [-0.4, -0.2) is 37.5 Å². The van der Waals surface area contributed by atoms with Gasteiger partial charge in [-0.15, -0.1) is 0 Å². The van der Waals surface area contributed by atoms with Crippen LogP contribution in [0.3, 0.4) is 0 Å². The summed E-state index contributed by atoms with van der Waals surface area (Å²) in [6.45, 7) is 12.4. The van der Waals surface area contributed by atoms with Crippen molar-refractivity contribution in [2.75, 3.05) is 11.9 Å². The van der Waals surface area contributed by atoms with Crippen LogP contribution in [-0.2, 0) is 0 Å². The molecule has 0 radical (unpaired) electrons. The number of carbonyl (C=O) groups excluding carboxylic acids is 1. The minimum absolute atomic E-state index is 0.0367. The summed E-state index contributed by atoms with van der Waals surface area (Å²) in [5, 5.41) is 7.44. The number of nitrogens with one attached hydrogen (secondary N) is 1. The summed E-state index contributed by atoms with van der Waals surface area (Å²) in [6.07, 6.45) is 1.79. The molecule has 0 saturated carbocycles. The number of pyridine rings is 1. The number of anilines is 2. The molecule has 1 fully saturated rings. The van der Waals surface area contributed by atoms with Crippen molar-refractivity contribution < 1.29 is 9.32 Å². The SMILES string of the molecule is Cc1cc(Nc2nc(C)cc(C)n2)cc([C@@H]2CCCN2C(=O)c2c(C(C)C)noc2C)n1. The molecular formula is C24H30N6O2. The molecule has 1 saturated heterocycles. The maximum Gasteiger partial charge on any atom is 0.259 e. The van der Waals surface area contributed by atoms with Crippen LogP contribution in [0.5, 0.6) is 0 Å². The third-order valence-corrected chi connectivity index (χ3v) is 5.72. The van der Waals surface area contributed by atoms with Gasteiger partial charge in [0.2, 0.25) is 5.95 Å². The number of hydrogen-bond acceptors (Lipinski definition) is 7. The van der Waals surface area contributed by atoms with Crippen molar-refractivity contribution >= 4 is 17.5 Å². The molecule has 0 aromatic carbocycles. The number of carbonyl (C=O) groups is 1. The molecule has 3 aromatic heterocycles. The van der Waals surface area contributed by atoms with E-state index >= 15 is 0 Å². The number of aryl methyl sites for hydroxylation is 4. The predicted octanol–water partition coefficient (Wildman–Crippen LogP) is 4.94. The molecule has 1 amide bonds. The van der Waals surface area contributed by atoms with Gasteiger partial charge < -0.3 is 14.7 Å². The third kappa shape index (κ3) is 4.35. The summed E-state index contributed by atoms with van der Waals surface area (Å²) >= 11 is 0. The van der Waals surface area contributed by atoms with Crippen molar-refractivity contribution in [2.45, 2.75) is 66.3 Å². The maximum atomic E-state index is 13.5. The summed E-state index contributed by atoms with van der Waals surface area (Å²) in [6, 6.07) is 5.80. The smallest absolute Gasteiger partial charge is 0.259 e. The van der Waals surface area contributed by atoms with Gasteiger partial charge in [0.05, 0.1) is 17.4 Å². The number of aromatic nitrogens is 4. The highest BCUT2D eigenvalue weighted by Gasteiger charge is 2.35. The summed E-state index contributed by atoms with van der Waals surface area (Å²) in [4.78, 5) is 29.2. The minimum atomic E-state index is -0.0996. The van der Waals surface area contributed by atoms with E-state index in [9.17, 15) is 4.79 Å². The lowest BCUT2D eigenvalue weighted by Crippen LogP contribution is -2.32. The average Bonchev–Trinajstić information content (AvgIpc) is 3.33. The number of hydrogen-bond donors (Lipinski definition) is 1. The van der Waals surface area contributed by atoms with Crippen molar-refractivity contribution in [2.24, 2.45) is 0 Å². The van der Waals surface area contributed by atoms with Crippen LogP contribution < -0.4 is 5.32 Å². The Bertz CT molecular complexity index is 1130. The Morgan fingerprint density at radius 2 is 1.75 bits per heavy atom. The molecule has 0 spiro atoms. The molecule has 1 N–H and O–H groups in total. The Labute approximate surface area is 188 Å². The van der Waals surface area contributed by atoms with Gasteiger partial charge in [0.25, 0.3) is 5.91 Å². The van der Waals surface area contributed by atoms with Crippen molar-refractivity contribution in [3.05, 3.63) is 58.0 Å². The molecule has 4 heterocycles. The van der Waals surface area contributed by atoms with E-state index in [4.69, 9.17) is 9.51 Å². The van der Waals surface area contributed by atoms with Gasteiger partial charge in [-0.05, 0) is 64.7 Å². The van der Waals surface area contributed by atoms with Crippen LogP contribution in [0.15, 0.2) is 22.7 Å². The van der Waals surface area contributed by atoms with E-state index in [-0.39, 0.29) is 17.9 Å². The molecule has 0 bridgehead atoms. The molecule has 168 valence electrons. The van der Waals surface area contributed by atoms with Crippen LogP contribution in [0.4, 0.5) is 11.6 Å². The predicted molar refractivity (Wildman–Crippen MR) is 122 cm³/mol. The highest BCUT2D eigenvalue weighted by Crippen LogP contribution is 2.35. The molecule has 8 heteroatoms. The molecule has 1 aliphatic heterocycles. The molecule has 32 heavy (non-hydrogen) atoms. The van der Waals surface area contributed by atoms with Crippen molar-refractivity contribution in [1.82, 2.24) is 25.0 Å². The zero-order valence-electron chi connectivity index (χ0n) is 19.6. The Morgan fingerprint density at radius 1 is 1.06 bits per heavy atom. The summed E-state index contributed by atoms with van der Waals surface area (Å²) in [5.41, 5.74) is 5.71. The number of nitrogens with zero attached hydrogens (tertiary/aromatic N) is 5. The molecule has 1 atom stereocenters. The fourth-order valence-corrected chi connectivity index (χ4v) is 4.35. The van der Waals surface area contributed by atoms with E-state index in [1.54, 1.807) is 6.92 Å². The van der Waals surface area contributed by atoms with Gasteiger partial charge >= 0.3 is 0 Å². The van der Waals surface area contributed by atoms with Crippen LogP contribution in [0.25, 0.3) is 0 Å². The first-order chi connectivity index (χ1) is 15.2. The van der Waals surface area contributed by atoms with Gasteiger partial charge in [0.1, 0.15) is 11.3 Å². The number of amides is 1. The molecule has 0 aliphatic carbocycles. The highest BCUT2D eigenvalue weighted by molar-refractivity contribution is 5.96. The summed E-state index contributed by atoms with van der Waals surface area (Å²) in [5.74, 6) is 1.19. The zero-order chi connectivity index (χ0) is 23.0. The maximum absolute atomic E-state index is 13.5. The quantitative estimate of drug-likeness (QED) is 0.607. The second-order valence-electron chi connectivity index (χ2n) is 8.83. The van der Waals surface area contributed by atoms with Crippen molar-refractivity contribution in [3.8, 4) is 0 Å². The number of likely N-dealkylation sites (tertiary alicyclic amines) is 1. The van der Waals surface area contributed by atoms with Gasteiger partial charge in [0.15, 0.2) is 0 Å². The second kappa shape index (κ2) is 8.68. The Kier molecular flexibility index (Phi) is 5.95. The molecule has 3 aromatic rings. The Balaban J connectivity index is 1.64. The van der Waals surface area contributed by atoms with E-state index in [0.29, 0.717) is 29.5 Å².